The molecule has 6 unspecified atom stereocenters. The number of aliphatic hydroxyl groups is 5. The van der Waals surface area contributed by atoms with Gasteiger partial charge in [-0.3, -0.25) is 9.59 Å². The van der Waals surface area contributed by atoms with Crippen LogP contribution in [0.3, 0.4) is 0 Å². The van der Waals surface area contributed by atoms with Crippen LogP contribution in [0.1, 0.15) is 48.5 Å². The molecule has 0 bridgehead atoms. The first kappa shape index (κ1) is 30.8. The van der Waals surface area contributed by atoms with E-state index in [2.05, 4.69) is 10.6 Å². The fraction of sp³-hybridized carbons (Fsp3) is 0.917. The van der Waals surface area contributed by atoms with Gasteiger partial charge in [0.2, 0.25) is 11.8 Å². The van der Waals surface area contributed by atoms with Crippen LogP contribution in [0.4, 0.5) is 0 Å². The SMILES string of the molecule is CC(=O)NC1C(OCC(C)(C)C2O[C@H](CO)[C@H](O)[C@H](O)[C@H]2NC(C)=O)C(O)C(CO)OC1C(C)(C)C. The second-order valence-electron chi connectivity index (χ2n) is 11.6. The molecule has 0 saturated carbocycles. The van der Waals surface area contributed by atoms with Gasteiger partial charge >= 0.3 is 0 Å². The lowest BCUT2D eigenvalue weighted by atomic mass is 9.77. The highest BCUT2D eigenvalue weighted by Crippen LogP contribution is 2.37. The third-order valence-corrected chi connectivity index (χ3v) is 6.84. The number of ether oxygens (including phenoxy) is 3. The fourth-order valence-corrected chi connectivity index (χ4v) is 5.01. The minimum Gasteiger partial charge on any atom is -0.394 e. The number of rotatable bonds is 8. The molecule has 2 rings (SSSR count). The van der Waals surface area contributed by atoms with Crippen LogP contribution in [0, 0.1) is 10.8 Å². The zero-order valence-corrected chi connectivity index (χ0v) is 22.2. The zero-order chi connectivity index (χ0) is 27.6. The van der Waals surface area contributed by atoms with Crippen molar-refractivity contribution < 1.29 is 49.3 Å². The molecule has 0 aliphatic carbocycles. The van der Waals surface area contributed by atoms with Crippen LogP contribution in [0.5, 0.6) is 0 Å². The highest BCUT2D eigenvalue weighted by atomic mass is 16.6. The summed E-state index contributed by atoms with van der Waals surface area (Å²) in [6.45, 7) is 10.8. The van der Waals surface area contributed by atoms with E-state index < -0.39 is 90.9 Å². The largest absolute Gasteiger partial charge is 0.394 e. The van der Waals surface area contributed by atoms with Gasteiger partial charge in [-0.2, -0.15) is 0 Å². The molecule has 7 N–H and O–H groups in total. The molecule has 2 amide bonds. The Balaban J connectivity index is 2.35. The quantitative estimate of drug-likeness (QED) is 0.190. The Bertz CT molecular complexity index is 758. The van der Waals surface area contributed by atoms with Crippen LogP contribution >= 0.6 is 0 Å². The number of aliphatic hydroxyl groups excluding tert-OH is 5. The van der Waals surface area contributed by atoms with Crippen molar-refractivity contribution in [1.29, 1.82) is 0 Å². The van der Waals surface area contributed by atoms with Gasteiger partial charge in [-0.25, -0.2) is 0 Å². The predicted octanol–water partition coefficient (Wildman–Crippen LogP) is -1.94. The predicted molar refractivity (Wildman–Crippen MR) is 128 cm³/mol. The van der Waals surface area contributed by atoms with Gasteiger partial charge in [0, 0.05) is 19.3 Å². The van der Waals surface area contributed by atoms with E-state index in [1.807, 2.05) is 20.8 Å². The number of amides is 2. The third-order valence-electron chi connectivity index (χ3n) is 6.84. The van der Waals surface area contributed by atoms with Crippen molar-refractivity contribution in [3.05, 3.63) is 0 Å². The standard InChI is InChI=1S/C24H44N2O10/c1-11(29)25-15-19(33)17(31)13(8-27)36-22(15)24(6,7)10-34-20-16(26-12(2)30)21(23(3,4)5)35-14(9-28)18(20)32/h13-22,27-28,31-33H,8-10H2,1-7H3,(H,25,29)(H,26,30)/t13-,14?,15-,16?,17+,18?,19-,20?,21?,22?/m1/s1. The molecule has 2 saturated heterocycles. The Morgan fingerprint density at radius 1 is 0.778 bits per heavy atom. The Morgan fingerprint density at radius 2 is 1.25 bits per heavy atom. The van der Waals surface area contributed by atoms with Crippen LogP contribution in [0.15, 0.2) is 0 Å². The molecule has 2 aliphatic heterocycles. The van der Waals surface area contributed by atoms with Gasteiger partial charge in [0.25, 0.3) is 0 Å². The fourth-order valence-electron chi connectivity index (χ4n) is 5.01. The Labute approximate surface area is 212 Å². The lowest BCUT2D eigenvalue weighted by Gasteiger charge is -2.51. The topological polar surface area (TPSA) is 187 Å². The Hall–Kier alpha value is -1.38. The van der Waals surface area contributed by atoms with Gasteiger partial charge < -0.3 is 50.4 Å². The van der Waals surface area contributed by atoms with Crippen molar-refractivity contribution in [3.63, 3.8) is 0 Å². The molecule has 210 valence electrons. The molecule has 10 atom stereocenters. The number of nitrogens with one attached hydrogen (secondary N) is 2. The number of carbonyl (C=O) groups excluding carboxylic acids is 2. The van der Waals surface area contributed by atoms with Crippen molar-refractivity contribution >= 4 is 11.8 Å². The number of carbonyl (C=O) groups is 2. The molecule has 2 fully saturated rings. The van der Waals surface area contributed by atoms with E-state index in [1.165, 1.54) is 13.8 Å². The van der Waals surface area contributed by atoms with E-state index in [9.17, 15) is 35.1 Å². The maximum absolute atomic E-state index is 12.0. The monoisotopic (exact) mass is 520 g/mol. The lowest BCUT2D eigenvalue weighted by Crippen LogP contribution is -2.69. The molecular weight excluding hydrogens is 476 g/mol. The normalized spacial score (nSPS) is 37.9. The minimum absolute atomic E-state index is 0.0679. The summed E-state index contributed by atoms with van der Waals surface area (Å²) in [5.74, 6) is -0.784. The zero-order valence-electron chi connectivity index (χ0n) is 22.2. The van der Waals surface area contributed by atoms with Gasteiger partial charge in [-0.1, -0.05) is 34.6 Å². The summed E-state index contributed by atoms with van der Waals surface area (Å²) in [5, 5.41) is 56.9. The van der Waals surface area contributed by atoms with Crippen molar-refractivity contribution in [3.8, 4) is 0 Å². The van der Waals surface area contributed by atoms with Gasteiger partial charge in [0.1, 0.15) is 36.6 Å². The van der Waals surface area contributed by atoms with E-state index >= 15 is 0 Å². The van der Waals surface area contributed by atoms with E-state index in [4.69, 9.17) is 14.2 Å². The van der Waals surface area contributed by atoms with Crippen LogP contribution in [0.2, 0.25) is 0 Å². The highest BCUT2D eigenvalue weighted by molar-refractivity contribution is 5.73. The third kappa shape index (κ3) is 6.93. The maximum Gasteiger partial charge on any atom is 0.217 e. The first-order chi connectivity index (χ1) is 16.5. The first-order valence-corrected chi connectivity index (χ1v) is 12.3. The molecule has 0 radical (unpaired) electrons. The van der Waals surface area contributed by atoms with E-state index in [0.29, 0.717) is 0 Å². The molecule has 2 heterocycles. The van der Waals surface area contributed by atoms with Crippen molar-refractivity contribution in [2.24, 2.45) is 10.8 Å². The molecule has 12 heteroatoms. The molecule has 0 aromatic rings. The summed E-state index contributed by atoms with van der Waals surface area (Å²) in [6, 6.07) is -1.75. The molecular formula is C24H44N2O10. The number of hydrogen-bond acceptors (Lipinski definition) is 10. The van der Waals surface area contributed by atoms with E-state index in [-0.39, 0.29) is 12.5 Å². The molecule has 0 spiro atoms. The van der Waals surface area contributed by atoms with Crippen molar-refractivity contribution in [2.45, 2.75) is 109 Å². The van der Waals surface area contributed by atoms with Crippen molar-refractivity contribution in [2.75, 3.05) is 19.8 Å². The summed E-state index contributed by atoms with van der Waals surface area (Å²) in [6.07, 6.45) is -8.56. The van der Waals surface area contributed by atoms with Crippen molar-refractivity contribution in [1.82, 2.24) is 10.6 Å². The Kier molecular flexibility index (Phi) is 10.3. The van der Waals surface area contributed by atoms with E-state index in [0.717, 1.165) is 0 Å². The molecule has 0 aromatic heterocycles. The number of hydrogen-bond donors (Lipinski definition) is 7. The summed E-state index contributed by atoms with van der Waals surface area (Å²) in [4.78, 5) is 23.9. The van der Waals surface area contributed by atoms with Crippen LogP contribution < -0.4 is 10.6 Å². The van der Waals surface area contributed by atoms with E-state index in [1.54, 1.807) is 13.8 Å². The summed E-state index contributed by atoms with van der Waals surface area (Å²) in [5.41, 5.74) is -1.40. The summed E-state index contributed by atoms with van der Waals surface area (Å²) in [7, 11) is 0. The van der Waals surface area contributed by atoms with Gasteiger partial charge in [0.05, 0.1) is 44.1 Å². The smallest absolute Gasteiger partial charge is 0.217 e. The second kappa shape index (κ2) is 12.0. The summed E-state index contributed by atoms with van der Waals surface area (Å²) >= 11 is 0. The van der Waals surface area contributed by atoms with Crippen LogP contribution in [-0.2, 0) is 23.8 Å². The molecule has 12 nitrogen and oxygen atoms in total. The minimum atomic E-state index is -1.42. The van der Waals surface area contributed by atoms with Gasteiger partial charge in [-0.05, 0) is 5.41 Å². The summed E-state index contributed by atoms with van der Waals surface area (Å²) < 4.78 is 18.1. The Morgan fingerprint density at radius 3 is 1.72 bits per heavy atom. The van der Waals surface area contributed by atoms with Gasteiger partial charge in [0.15, 0.2) is 0 Å². The molecule has 2 aliphatic rings. The van der Waals surface area contributed by atoms with Crippen LogP contribution in [0.25, 0.3) is 0 Å². The average Bonchev–Trinajstić information content (AvgIpc) is 2.75. The molecule has 36 heavy (non-hydrogen) atoms. The van der Waals surface area contributed by atoms with Crippen LogP contribution in [-0.4, -0.2) is 118 Å². The van der Waals surface area contributed by atoms with Gasteiger partial charge in [-0.15, -0.1) is 0 Å². The highest BCUT2D eigenvalue weighted by Gasteiger charge is 2.53. The average molecular weight is 521 g/mol. The maximum atomic E-state index is 12.0. The molecule has 0 aromatic carbocycles. The lowest BCUT2D eigenvalue weighted by molar-refractivity contribution is -0.249. The first-order valence-electron chi connectivity index (χ1n) is 12.3. The second-order valence-corrected chi connectivity index (χ2v) is 11.6.